The highest BCUT2D eigenvalue weighted by atomic mass is 16.2. The predicted molar refractivity (Wildman–Crippen MR) is 34.5 cm³/mol. The summed E-state index contributed by atoms with van der Waals surface area (Å²) in [5.41, 5.74) is 1.43. The molecule has 4 nitrogen and oxygen atoms in total. The lowest BCUT2D eigenvalue weighted by Crippen LogP contribution is -2.17. The van der Waals surface area contributed by atoms with Crippen molar-refractivity contribution in [1.29, 1.82) is 0 Å². The van der Waals surface area contributed by atoms with Crippen LogP contribution in [0.1, 0.15) is 29.1 Å². The van der Waals surface area contributed by atoms with E-state index in [1.165, 1.54) is 0 Å². The van der Waals surface area contributed by atoms with Gasteiger partial charge in [0, 0.05) is 0 Å². The molecule has 0 aliphatic carbocycles. The molecular weight excluding hydrogens is 130 g/mol. The molecule has 1 aliphatic rings. The average molecular weight is 137 g/mol. The highest BCUT2D eigenvalue weighted by molar-refractivity contribution is 5.96. The Labute approximate surface area is 57.7 Å². The van der Waals surface area contributed by atoms with E-state index in [0.29, 0.717) is 5.69 Å². The molecule has 1 aromatic heterocycles. The van der Waals surface area contributed by atoms with Gasteiger partial charge in [-0.3, -0.25) is 4.79 Å². The third-order valence-corrected chi connectivity index (χ3v) is 1.66. The van der Waals surface area contributed by atoms with Crippen molar-refractivity contribution < 1.29 is 4.79 Å². The Bertz CT molecular complexity index is 278. The molecule has 2 heterocycles. The molecule has 1 unspecified atom stereocenters. The molecule has 52 valence electrons. The van der Waals surface area contributed by atoms with Gasteiger partial charge in [-0.2, -0.15) is 0 Å². The van der Waals surface area contributed by atoms with Crippen molar-refractivity contribution in [3.63, 3.8) is 0 Å². The molecule has 10 heavy (non-hydrogen) atoms. The minimum atomic E-state index is -0.0799. The fourth-order valence-electron chi connectivity index (χ4n) is 1.15. The molecule has 0 saturated heterocycles. The second-order valence-corrected chi connectivity index (χ2v) is 2.36. The average Bonchev–Trinajstić information content (AvgIpc) is 2.39. The van der Waals surface area contributed by atoms with Crippen molar-refractivity contribution in [1.82, 2.24) is 15.3 Å². The third kappa shape index (κ3) is 0.504. The Morgan fingerprint density at radius 3 is 3.20 bits per heavy atom. The Morgan fingerprint density at radius 2 is 2.50 bits per heavy atom. The van der Waals surface area contributed by atoms with Gasteiger partial charge in [-0.15, -0.1) is 0 Å². The standard InChI is InChI=1S/C6H7N3O/c1-3-4-5(6(10)9-3)8-2-7-4/h2-3H,1H3,(H,7,8)(H,9,10). The fraction of sp³-hybridized carbons (Fsp3) is 0.333. The van der Waals surface area contributed by atoms with Crippen LogP contribution in [0.3, 0.4) is 0 Å². The van der Waals surface area contributed by atoms with Gasteiger partial charge >= 0.3 is 0 Å². The quantitative estimate of drug-likeness (QED) is 0.537. The maximum atomic E-state index is 10.9. The molecule has 1 aromatic rings. The Kier molecular flexibility index (Phi) is 0.869. The van der Waals surface area contributed by atoms with Gasteiger partial charge in [0.1, 0.15) is 0 Å². The molecule has 1 atom stereocenters. The summed E-state index contributed by atoms with van der Waals surface area (Å²) < 4.78 is 0. The zero-order chi connectivity index (χ0) is 7.14. The first-order valence-corrected chi connectivity index (χ1v) is 3.13. The lowest BCUT2D eigenvalue weighted by molar-refractivity contribution is 0.0954. The van der Waals surface area contributed by atoms with Gasteiger partial charge in [-0.1, -0.05) is 0 Å². The van der Waals surface area contributed by atoms with Crippen molar-refractivity contribution in [3.05, 3.63) is 17.7 Å². The number of rotatable bonds is 0. The fourth-order valence-corrected chi connectivity index (χ4v) is 1.15. The van der Waals surface area contributed by atoms with Crippen LogP contribution in [0.25, 0.3) is 0 Å². The molecule has 0 bridgehead atoms. The van der Waals surface area contributed by atoms with E-state index in [-0.39, 0.29) is 11.9 Å². The van der Waals surface area contributed by atoms with Gasteiger partial charge in [0.2, 0.25) is 0 Å². The molecule has 2 rings (SSSR count). The summed E-state index contributed by atoms with van der Waals surface area (Å²) in [4.78, 5) is 17.7. The van der Waals surface area contributed by atoms with Crippen molar-refractivity contribution in [2.45, 2.75) is 13.0 Å². The second kappa shape index (κ2) is 1.59. The maximum Gasteiger partial charge on any atom is 0.272 e. The molecule has 0 fully saturated rings. The number of hydrogen-bond donors (Lipinski definition) is 2. The van der Waals surface area contributed by atoms with E-state index in [1.54, 1.807) is 6.33 Å². The van der Waals surface area contributed by atoms with Crippen LogP contribution < -0.4 is 5.32 Å². The minimum Gasteiger partial charge on any atom is -0.346 e. The Hall–Kier alpha value is -1.32. The molecule has 1 aliphatic heterocycles. The molecule has 2 N–H and O–H groups in total. The van der Waals surface area contributed by atoms with E-state index < -0.39 is 0 Å². The number of carbonyl (C=O) groups excluding carboxylic acids is 1. The van der Waals surface area contributed by atoms with Gasteiger partial charge in [-0.05, 0) is 6.92 Å². The lowest BCUT2D eigenvalue weighted by Gasteiger charge is -1.98. The summed E-state index contributed by atoms with van der Waals surface area (Å²) in [5, 5.41) is 2.73. The summed E-state index contributed by atoms with van der Waals surface area (Å²) in [6, 6.07) is 0.0880. The van der Waals surface area contributed by atoms with Gasteiger partial charge in [0.05, 0.1) is 18.1 Å². The largest absolute Gasteiger partial charge is 0.346 e. The molecule has 0 spiro atoms. The van der Waals surface area contributed by atoms with Gasteiger partial charge in [0.25, 0.3) is 5.91 Å². The van der Waals surface area contributed by atoms with Crippen LogP contribution in [0.15, 0.2) is 6.33 Å². The molecule has 0 saturated carbocycles. The topological polar surface area (TPSA) is 57.8 Å². The summed E-state index contributed by atoms with van der Waals surface area (Å²) >= 11 is 0. The summed E-state index contributed by atoms with van der Waals surface area (Å²) in [5.74, 6) is -0.0799. The van der Waals surface area contributed by atoms with Crippen molar-refractivity contribution in [3.8, 4) is 0 Å². The summed E-state index contributed by atoms with van der Waals surface area (Å²) in [7, 11) is 0. The number of aromatic amines is 1. The van der Waals surface area contributed by atoms with Crippen LogP contribution in [0.4, 0.5) is 0 Å². The molecular formula is C6H7N3O. The van der Waals surface area contributed by atoms with Crippen molar-refractivity contribution in [2.24, 2.45) is 0 Å². The molecule has 1 amide bonds. The highest BCUT2D eigenvalue weighted by Gasteiger charge is 2.27. The maximum absolute atomic E-state index is 10.9. The Balaban J connectivity index is 2.58. The first kappa shape index (κ1) is 5.46. The monoisotopic (exact) mass is 137 g/mol. The highest BCUT2D eigenvalue weighted by Crippen LogP contribution is 2.19. The third-order valence-electron chi connectivity index (χ3n) is 1.66. The first-order chi connectivity index (χ1) is 4.79. The van der Waals surface area contributed by atoms with Gasteiger partial charge in [0.15, 0.2) is 5.69 Å². The SMILES string of the molecule is CC1NC(=O)c2nc[nH]c21. The number of nitrogens with zero attached hydrogens (tertiary/aromatic N) is 1. The van der Waals surface area contributed by atoms with Crippen LogP contribution in [0, 0.1) is 0 Å². The van der Waals surface area contributed by atoms with Crippen LogP contribution in [0.5, 0.6) is 0 Å². The smallest absolute Gasteiger partial charge is 0.272 e. The van der Waals surface area contributed by atoms with Gasteiger partial charge in [-0.25, -0.2) is 4.98 Å². The number of fused-ring (bicyclic) bond motifs is 1. The van der Waals surface area contributed by atoms with E-state index in [1.807, 2.05) is 6.92 Å². The second-order valence-electron chi connectivity index (χ2n) is 2.36. The minimum absolute atomic E-state index is 0.0799. The number of H-pyrrole nitrogens is 1. The summed E-state index contributed by atoms with van der Waals surface area (Å²) in [6.45, 7) is 1.92. The number of aromatic nitrogens is 2. The number of carbonyl (C=O) groups is 1. The number of hydrogen-bond acceptors (Lipinski definition) is 2. The predicted octanol–water partition coefficient (Wildman–Crippen LogP) is 0.214. The van der Waals surface area contributed by atoms with Crippen LogP contribution >= 0.6 is 0 Å². The van der Waals surface area contributed by atoms with Crippen LogP contribution in [-0.2, 0) is 0 Å². The number of imidazole rings is 1. The molecule has 0 radical (unpaired) electrons. The van der Waals surface area contributed by atoms with Crippen LogP contribution in [0.2, 0.25) is 0 Å². The van der Waals surface area contributed by atoms with Crippen LogP contribution in [-0.4, -0.2) is 15.9 Å². The zero-order valence-electron chi connectivity index (χ0n) is 5.51. The van der Waals surface area contributed by atoms with E-state index in [2.05, 4.69) is 15.3 Å². The summed E-state index contributed by atoms with van der Waals surface area (Å²) in [6.07, 6.45) is 1.54. The van der Waals surface area contributed by atoms with E-state index >= 15 is 0 Å². The normalized spacial score (nSPS) is 22.5. The van der Waals surface area contributed by atoms with E-state index in [9.17, 15) is 4.79 Å². The molecule has 4 heteroatoms. The number of nitrogens with one attached hydrogen (secondary N) is 2. The van der Waals surface area contributed by atoms with Crippen molar-refractivity contribution in [2.75, 3.05) is 0 Å². The van der Waals surface area contributed by atoms with E-state index in [4.69, 9.17) is 0 Å². The van der Waals surface area contributed by atoms with Crippen molar-refractivity contribution >= 4 is 5.91 Å². The van der Waals surface area contributed by atoms with Gasteiger partial charge < -0.3 is 10.3 Å². The first-order valence-electron chi connectivity index (χ1n) is 3.13. The molecule has 0 aromatic carbocycles. The zero-order valence-corrected chi connectivity index (χ0v) is 5.51. The van der Waals surface area contributed by atoms with E-state index in [0.717, 1.165) is 5.69 Å². The number of amides is 1. The lowest BCUT2D eigenvalue weighted by atomic mass is 10.3. The Morgan fingerprint density at radius 1 is 1.70 bits per heavy atom.